The molecule has 13 heavy (non-hydrogen) atoms. The topological polar surface area (TPSA) is 46.3 Å². The molecule has 0 bridgehead atoms. The molecule has 0 saturated heterocycles. The number of halogens is 1. The Labute approximate surface area is 89.4 Å². The number of oxazole rings is 1. The highest BCUT2D eigenvalue weighted by atomic mass is 127. The average molecular weight is 292 g/mol. The van der Waals surface area contributed by atoms with Crippen LogP contribution in [0.1, 0.15) is 17.3 Å². The van der Waals surface area contributed by atoms with Crippen LogP contribution in [0.15, 0.2) is 4.42 Å². The molecule has 70 valence electrons. The number of hydrogen-bond donors (Lipinski definition) is 0. The van der Waals surface area contributed by atoms with E-state index in [1.807, 2.05) is 6.92 Å². The van der Waals surface area contributed by atoms with Crippen LogP contribution in [0.5, 0.6) is 0 Å². The second-order valence-corrected chi connectivity index (χ2v) is 3.95. The maximum atomic E-state index is 11.1. The monoisotopic (exact) mass is 292 g/mol. The Bertz CT molecular complexity index is 348. The minimum Gasteiger partial charge on any atom is -0.446 e. The van der Waals surface area contributed by atoms with Crippen LogP contribution in [0.3, 0.4) is 0 Å². The molecule has 0 fully saturated rings. The van der Waals surface area contributed by atoms with E-state index in [0.29, 0.717) is 12.4 Å². The standard InChI is InChI=1S/C8H9IN2O2/c1-5-10-6-4-11(8(9)12)3-2-7(6)13-5/h2-4H2,1H3. The first-order chi connectivity index (χ1) is 6.16. The number of aromatic nitrogens is 1. The second kappa shape index (κ2) is 3.28. The van der Waals surface area contributed by atoms with E-state index < -0.39 is 0 Å². The van der Waals surface area contributed by atoms with Gasteiger partial charge < -0.3 is 9.32 Å². The summed E-state index contributed by atoms with van der Waals surface area (Å²) in [4.78, 5) is 17.1. The third-order valence-electron chi connectivity index (χ3n) is 2.08. The maximum Gasteiger partial charge on any atom is 0.283 e. The van der Waals surface area contributed by atoms with Crippen molar-refractivity contribution in [1.29, 1.82) is 0 Å². The van der Waals surface area contributed by atoms with E-state index in [1.54, 1.807) is 27.5 Å². The van der Waals surface area contributed by atoms with Crippen LogP contribution in [-0.4, -0.2) is 20.3 Å². The number of aryl methyl sites for hydroxylation is 1. The predicted octanol–water partition coefficient (Wildman–Crippen LogP) is 1.90. The van der Waals surface area contributed by atoms with Crippen molar-refractivity contribution in [3.63, 3.8) is 0 Å². The summed E-state index contributed by atoms with van der Waals surface area (Å²) in [7, 11) is 0. The van der Waals surface area contributed by atoms with E-state index in [1.165, 1.54) is 0 Å². The van der Waals surface area contributed by atoms with E-state index >= 15 is 0 Å². The molecule has 0 unspecified atom stereocenters. The number of carbonyl (C=O) groups excluding carboxylic acids is 1. The molecule has 1 aliphatic rings. The summed E-state index contributed by atoms with van der Waals surface area (Å²) >= 11 is 1.80. The SMILES string of the molecule is Cc1nc2c(o1)CCN(C(=O)I)C2. The molecule has 0 atom stereocenters. The van der Waals surface area contributed by atoms with Gasteiger partial charge in [-0.05, 0) is 0 Å². The van der Waals surface area contributed by atoms with Gasteiger partial charge in [-0.3, -0.25) is 4.79 Å². The minimum atomic E-state index is 0.0731. The van der Waals surface area contributed by atoms with E-state index in [4.69, 9.17) is 4.42 Å². The van der Waals surface area contributed by atoms with Gasteiger partial charge in [0.1, 0.15) is 11.5 Å². The summed E-state index contributed by atoms with van der Waals surface area (Å²) in [6.07, 6.45) is 0.783. The molecule has 0 aliphatic carbocycles. The molecular weight excluding hydrogens is 283 g/mol. The summed E-state index contributed by atoms with van der Waals surface area (Å²) in [5, 5.41) is 0. The lowest BCUT2D eigenvalue weighted by Crippen LogP contribution is -2.31. The molecule has 1 aromatic rings. The molecule has 4 nitrogen and oxygen atoms in total. The molecule has 0 radical (unpaired) electrons. The number of fused-ring (bicyclic) bond motifs is 1. The largest absolute Gasteiger partial charge is 0.446 e. The van der Waals surface area contributed by atoms with Gasteiger partial charge in [-0.1, -0.05) is 0 Å². The van der Waals surface area contributed by atoms with Gasteiger partial charge in [0, 0.05) is 42.5 Å². The Balaban J connectivity index is 2.24. The van der Waals surface area contributed by atoms with E-state index in [0.717, 1.165) is 24.4 Å². The Hall–Kier alpha value is -0.590. The third-order valence-corrected chi connectivity index (χ3v) is 2.77. The average Bonchev–Trinajstić information content (AvgIpc) is 2.42. The number of rotatable bonds is 0. The van der Waals surface area contributed by atoms with Crippen molar-refractivity contribution in [2.45, 2.75) is 19.9 Å². The zero-order chi connectivity index (χ0) is 9.42. The molecule has 0 spiro atoms. The van der Waals surface area contributed by atoms with Crippen LogP contribution in [0.25, 0.3) is 0 Å². The van der Waals surface area contributed by atoms with Gasteiger partial charge in [0.05, 0.1) is 6.54 Å². The van der Waals surface area contributed by atoms with Crippen molar-refractivity contribution in [3.8, 4) is 0 Å². The lowest BCUT2D eigenvalue weighted by molar-refractivity contribution is 0.217. The van der Waals surface area contributed by atoms with Crippen molar-refractivity contribution in [1.82, 2.24) is 9.88 Å². The Kier molecular flexibility index (Phi) is 2.27. The zero-order valence-corrected chi connectivity index (χ0v) is 9.37. The minimum absolute atomic E-state index is 0.0731. The first-order valence-electron chi connectivity index (χ1n) is 4.06. The van der Waals surface area contributed by atoms with Crippen LogP contribution in [0.2, 0.25) is 0 Å². The predicted molar refractivity (Wildman–Crippen MR) is 54.8 cm³/mol. The van der Waals surface area contributed by atoms with Gasteiger partial charge in [-0.25, -0.2) is 4.98 Å². The van der Waals surface area contributed by atoms with Crippen LogP contribution < -0.4 is 0 Å². The fourth-order valence-electron chi connectivity index (χ4n) is 1.48. The van der Waals surface area contributed by atoms with Crippen LogP contribution in [-0.2, 0) is 13.0 Å². The molecule has 2 rings (SSSR count). The molecule has 1 amide bonds. The van der Waals surface area contributed by atoms with Gasteiger partial charge in [0.15, 0.2) is 5.89 Å². The quantitative estimate of drug-likeness (QED) is 0.417. The van der Waals surface area contributed by atoms with E-state index in [9.17, 15) is 4.79 Å². The normalized spacial score (nSPS) is 15.7. The fraction of sp³-hybridized carbons (Fsp3) is 0.500. The highest BCUT2D eigenvalue weighted by Crippen LogP contribution is 2.20. The molecule has 1 aromatic heterocycles. The lowest BCUT2D eigenvalue weighted by Gasteiger charge is -2.22. The van der Waals surface area contributed by atoms with E-state index in [2.05, 4.69) is 4.98 Å². The summed E-state index contributed by atoms with van der Waals surface area (Å²) in [6, 6.07) is 0. The van der Waals surface area contributed by atoms with Crippen molar-refractivity contribution in [2.75, 3.05) is 6.54 Å². The van der Waals surface area contributed by atoms with Gasteiger partial charge in [0.25, 0.3) is 3.91 Å². The molecule has 0 N–H and O–H groups in total. The Morgan fingerprint density at radius 2 is 2.46 bits per heavy atom. The molecule has 0 aromatic carbocycles. The first-order valence-corrected chi connectivity index (χ1v) is 5.14. The van der Waals surface area contributed by atoms with E-state index in [-0.39, 0.29) is 3.91 Å². The maximum absolute atomic E-state index is 11.1. The fourth-order valence-corrected chi connectivity index (χ4v) is 1.89. The van der Waals surface area contributed by atoms with Crippen LogP contribution in [0.4, 0.5) is 4.79 Å². The lowest BCUT2D eigenvalue weighted by atomic mass is 10.2. The van der Waals surface area contributed by atoms with Crippen LogP contribution in [0, 0.1) is 6.92 Å². The summed E-state index contributed by atoms with van der Waals surface area (Å²) in [5.41, 5.74) is 0.911. The van der Waals surface area contributed by atoms with Crippen molar-refractivity contribution >= 4 is 26.5 Å². The highest BCUT2D eigenvalue weighted by Gasteiger charge is 2.22. The molecule has 5 heteroatoms. The first kappa shape index (κ1) is 8.98. The zero-order valence-electron chi connectivity index (χ0n) is 7.21. The molecule has 1 aliphatic heterocycles. The van der Waals surface area contributed by atoms with Gasteiger partial charge in [0.2, 0.25) is 0 Å². The molecule has 2 heterocycles. The summed E-state index contributed by atoms with van der Waals surface area (Å²) < 4.78 is 5.46. The highest BCUT2D eigenvalue weighted by molar-refractivity contribution is 14.1. The summed E-state index contributed by atoms with van der Waals surface area (Å²) in [5.74, 6) is 1.62. The Morgan fingerprint density at radius 1 is 1.69 bits per heavy atom. The smallest absolute Gasteiger partial charge is 0.283 e. The van der Waals surface area contributed by atoms with Gasteiger partial charge in [-0.2, -0.15) is 0 Å². The van der Waals surface area contributed by atoms with Crippen molar-refractivity contribution in [3.05, 3.63) is 17.3 Å². The van der Waals surface area contributed by atoms with Gasteiger partial charge >= 0.3 is 0 Å². The number of amides is 1. The Morgan fingerprint density at radius 3 is 3.15 bits per heavy atom. The summed E-state index contributed by atoms with van der Waals surface area (Å²) in [6.45, 7) is 3.16. The van der Waals surface area contributed by atoms with Crippen molar-refractivity contribution < 1.29 is 9.21 Å². The van der Waals surface area contributed by atoms with Crippen LogP contribution >= 0.6 is 22.6 Å². The molecular formula is C8H9IN2O2. The third kappa shape index (κ3) is 1.70. The number of hydrogen-bond acceptors (Lipinski definition) is 3. The second-order valence-electron chi connectivity index (χ2n) is 3.03. The van der Waals surface area contributed by atoms with Crippen molar-refractivity contribution in [2.24, 2.45) is 0 Å². The number of carbonyl (C=O) groups is 1. The molecule has 0 saturated carbocycles. The van der Waals surface area contributed by atoms with Gasteiger partial charge in [-0.15, -0.1) is 0 Å². The number of nitrogens with zero attached hydrogens (tertiary/aromatic N) is 2.